The summed E-state index contributed by atoms with van der Waals surface area (Å²) in [6.45, 7) is 17.3. The van der Waals surface area contributed by atoms with Crippen molar-refractivity contribution in [2.45, 2.75) is 125 Å². The van der Waals surface area contributed by atoms with Gasteiger partial charge in [-0.2, -0.15) is 0 Å². The molecule has 0 N–H and O–H groups in total. The van der Waals surface area contributed by atoms with E-state index in [1.54, 1.807) is 7.11 Å². The number of rotatable bonds is 16. The Morgan fingerprint density at radius 2 is 1.63 bits per heavy atom. The van der Waals surface area contributed by atoms with E-state index in [1.165, 1.54) is 89.5 Å². The molecule has 0 spiro atoms. The first-order valence-corrected chi connectivity index (χ1v) is 13.2. The van der Waals surface area contributed by atoms with Gasteiger partial charge in [-0.1, -0.05) is 80.1 Å². The molecule has 3 heteroatoms. The van der Waals surface area contributed by atoms with E-state index in [0.717, 1.165) is 13.0 Å². The van der Waals surface area contributed by atoms with Gasteiger partial charge in [0, 0.05) is 19.1 Å². The van der Waals surface area contributed by atoms with Crippen LogP contribution in [0.4, 0.5) is 0 Å². The van der Waals surface area contributed by atoms with Gasteiger partial charge in [0.15, 0.2) is 0 Å². The van der Waals surface area contributed by atoms with Crippen molar-refractivity contribution >= 4 is 0 Å². The highest BCUT2D eigenvalue weighted by Gasteiger charge is 2.34. The largest absolute Gasteiger partial charge is 0.491 e. The number of piperidine rings is 1. The quantitative estimate of drug-likeness (QED) is 0.185. The first kappa shape index (κ1) is 29.5. The van der Waals surface area contributed by atoms with Gasteiger partial charge in [-0.05, 0) is 57.7 Å². The molecule has 1 fully saturated rings. The third kappa shape index (κ3) is 11.2. The van der Waals surface area contributed by atoms with Crippen molar-refractivity contribution in [2.75, 3.05) is 33.4 Å². The van der Waals surface area contributed by atoms with Gasteiger partial charge in [-0.3, -0.25) is 4.90 Å². The molecule has 0 aromatic carbocycles. The first-order chi connectivity index (χ1) is 14.7. The smallest absolute Gasteiger partial charge is 0.134 e. The maximum atomic E-state index is 6.79. The maximum Gasteiger partial charge on any atom is 0.134 e. The van der Waals surface area contributed by atoms with Crippen LogP contribution in [0.5, 0.6) is 0 Å². The minimum atomic E-state index is 0.138. The number of methoxy groups -OCH3 is 1. The molecular formula is C27H55NO2. The standard InChI is InChI=1S/C25H49NO2.C2H6/c1-6-10-11-13-18-25(9-4,17-8-3)24(16-7-2)28-23(22-27-5)21-26-19-14-12-15-20-26;1-2/h16,23H,6-15,17-22H2,1-5H3;1-2H3/b24-16+;. The molecule has 1 aliphatic heterocycles. The van der Waals surface area contributed by atoms with Crippen LogP contribution in [-0.4, -0.2) is 44.4 Å². The summed E-state index contributed by atoms with van der Waals surface area (Å²) in [4.78, 5) is 2.57. The third-order valence-electron chi connectivity index (χ3n) is 6.38. The van der Waals surface area contributed by atoms with Gasteiger partial charge in [0.05, 0.1) is 12.4 Å². The predicted octanol–water partition coefficient (Wildman–Crippen LogP) is 7.99. The Labute approximate surface area is 190 Å². The lowest BCUT2D eigenvalue weighted by atomic mass is 9.74. The van der Waals surface area contributed by atoms with Crippen LogP contribution in [0.3, 0.4) is 0 Å². The molecule has 1 heterocycles. The molecule has 1 rings (SSSR count). The monoisotopic (exact) mass is 425 g/mol. The molecule has 2 atom stereocenters. The molecule has 30 heavy (non-hydrogen) atoms. The molecule has 1 saturated heterocycles. The Bertz CT molecular complexity index is 404. The third-order valence-corrected chi connectivity index (χ3v) is 6.38. The van der Waals surface area contributed by atoms with Crippen LogP contribution in [0.25, 0.3) is 0 Å². The van der Waals surface area contributed by atoms with Crippen molar-refractivity contribution in [3.05, 3.63) is 11.8 Å². The number of ether oxygens (including phenoxy) is 2. The lowest BCUT2D eigenvalue weighted by Gasteiger charge is -2.38. The Hall–Kier alpha value is -0.540. The van der Waals surface area contributed by atoms with Crippen molar-refractivity contribution in [1.29, 1.82) is 0 Å². The van der Waals surface area contributed by atoms with Crippen LogP contribution in [0.1, 0.15) is 119 Å². The number of hydrogen-bond acceptors (Lipinski definition) is 3. The van der Waals surface area contributed by atoms with Gasteiger partial charge in [0.25, 0.3) is 0 Å². The van der Waals surface area contributed by atoms with E-state index in [2.05, 4.69) is 38.7 Å². The lowest BCUT2D eigenvalue weighted by Crippen LogP contribution is -2.40. The second-order valence-corrected chi connectivity index (χ2v) is 8.73. The second-order valence-electron chi connectivity index (χ2n) is 8.73. The summed E-state index contributed by atoms with van der Waals surface area (Å²) in [5.41, 5.74) is 0.201. The summed E-state index contributed by atoms with van der Waals surface area (Å²) >= 11 is 0. The van der Waals surface area contributed by atoms with Crippen molar-refractivity contribution in [3.63, 3.8) is 0 Å². The highest BCUT2D eigenvalue weighted by molar-refractivity contribution is 5.09. The van der Waals surface area contributed by atoms with Crippen molar-refractivity contribution in [1.82, 2.24) is 4.90 Å². The van der Waals surface area contributed by atoms with Crippen LogP contribution < -0.4 is 0 Å². The van der Waals surface area contributed by atoms with E-state index in [1.807, 2.05) is 13.8 Å². The topological polar surface area (TPSA) is 21.7 Å². The van der Waals surface area contributed by atoms with Crippen LogP contribution in [0, 0.1) is 5.41 Å². The summed E-state index contributed by atoms with van der Waals surface area (Å²) in [5.74, 6) is 1.26. The first-order valence-electron chi connectivity index (χ1n) is 13.2. The number of likely N-dealkylation sites (tertiary alicyclic amines) is 1. The van der Waals surface area contributed by atoms with E-state index in [9.17, 15) is 0 Å². The molecule has 3 nitrogen and oxygen atoms in total. The summed E-state index contributed by atoms with van der Waals surface area (Å²) in [7, 11) is 1.81. The Balaban J connectivity index is 0.00000407. The Morgan fingerprint density at radius 3 is 2.17 bits per heavy atom. The van der Waals surface area contributed by atoms with Crippen LogP contribution in [0.15, 0.2) is 11.8 Å². The Morgan fingerprint density at radius 1 is 0.933 bits per heavy atom. The van der Waals surface area contributed by atoms with Gasteiger partial charge < -0.3 is 9.47 Å². The molecule has 0 aromatic rings. The van der Waals surface area contributed by atoms with Gasteiger partial charge in [0.1, 0.15) is 6.10 Å². The van der Waals surface area contributed by atoms with E-state index >= 15 is 0 Å². The zero-order chi connectivity index (χ0) is 22.7. The number of hydrogen-bond donors (Lipinski definition) is 0. The molecule has 0 amide bonds. The van der Waals surface area contributed by atoms with E-state index < -0.39 is 0 Å². The minimum Gasteiger partial charge on any atom is -0.491 e. The van der Waals surface area contributed by atoms with Crippen molar-refractivity contribution in [3.8, 4) is 0 Å². The number of unbranched alkanes of at least 4 members (excludes halogenated alkanes) is 3. The number of nitrogens with zero attached hydrogens (tertiary/aromatic N) is 1. The van der Waals surface area contributed by atoms with Crippen molar-refractivity contribution < 1.29 is 9.47 Å². The molecule has 1 aliphatic rings. The average molecular weight is 426 g/mol. The molecule has 180 valence electrons. The maximum absolute atomic E-state index is 6.79. The fourth-order valence-electron chi connectivity index (χ4n) is 4.76. The van der Waals surface area contributed by atoms with Gasteiger partial charge in [-0.15, -0.1) is 0 Å². The fraction of sp³-hybridized carbons (Fsp3) is 0.926. The normalized spacial score (nSPS) is 18.3. The zero-order valence-electron chi connectivity index (χ0n) is 21.7. The summed E-state index contributed by atoms with van der Waals surface area (Å²) < 4.78 is 12.4. The molecule has 0 aliphatic carbocycles. The molecule has 0 radical (unpaired) electrons. The molecular weight excluding hydrogens is 370 g/mol. The second kappa shape index (κ2) is 19.2. The highest BCUT2D eigenvalue weighted by atomic mass is 16.5. The molecule has 2 unspecified atom stereocenters. The van der Waals surface area contributed by atoms with Gasteiger partial charge in [0.2, 0.25) is 0 Å². The average Bonchev–Trinajstić information content (AvgIpc) is 2.78. The minimum absolute atomic E-state index is 0.138. The van der Waals surface area contributed by atoms with Gasteiger partial charge in [-0.25, -0.2) is 0 Å². The van der Waals surface area contributed by atoms with Crippen LogP contribution in [-0.2, 0) is 9.47 Å². The molecule has 0 bridgehead atoms. The van der Waals surface area contributed by atoms with E-state index in [0.29, 0.717) is 6.61 Å². The fourth-order valence-corrected chi connectivity index (χ4v) is 4.76. The number of allylic oxidation sites excluding steroid dienone is 2. The predicted molar refractivity (Wildman–Crippen MR) is 133 cm³/mol. The zero-order valence-corrected chi connectivity index (χ0v) is 21.7. The summed E-state index contributed by atoms with van der Waals surface area (Å²) in [6.07, 6.45) is 17.7. The summed E-state index contributed by atoms with van der Waals surface area (Å²) in [6, 6.07) is 0. The SMILES string of the molecule is CC.CC/C=C(/OC(COC)CN1CCCCC1)C(CC)(CCC)CCCCCC. The van der Waals surface area contributed by atoms with Crippen molar-refractivity contribution in [2.24, 2.45) is 5.41 Å². The van der Waals surface area contributed by atoms with Crippen LogP contribution in [0.2, 0.25) is 0 Å². The van der Waals surface area contributed by atoms with E-state index in [4.69, 9.17) is 9.47 Å². The van der Waals surface area contributed by atoms with Gasteiger partial charge >= 0.3 is 0 Å². The summed E-state index contributed by atoms with van der Waals surface area (Å²) in [5, 5.41) is 0. The highest BCUT2D eigenvalue weighted by Crippen LogP contribution is 2.43. The molecule has 0 saturated carbocycles. The van der Waals surface area contributed by atoms with E-state index in [-0.39, 0.29) is 11.5 Å². The van der Waals surface area contributed by atoms with Crippen LogP contribution >= 0.6 is 0 Å². The Kier molecular flexibility index (Phi) is 18.8. The lowest BCUT2D eigenvalue weighted by molar-refractivity contribution is -0.0180. The molecule has 0 aromatic heterocycles.